The minimum atomic E-state index is -0.672. The van der Waals surface area contributed by atoms with Gasteiger partial charge < -0.3 is 4.90 Å². The molecule has 29 heavy (non-hydrogen) atoms. The number of nitriles is 1. The van der Waals surface area contributed by atoms with Gasteiger partial charge in [0.25, 0.3) is 0 Å². The number of aromatic nitrogens is 2. The van der Waals surface area contributed by atoms with Crippen LogP contribution in [0.2, 0.25) is 0 Å². The summed E-state index contributed by atoms with van der Waals surface area (Å²) in [7, 11) is 0. The molecular weight excluding hydrogens is 378 g/mol. The van der Waals surface area contributed by atoms with Crippen molar-refractivity contribution < 1.29 is 13.6 Å². The van der Waals surface area contributed by atoms with E-state index in [4.69, 9.17) is 5.26 Å². The molecule has 3 heterocycles. The minimum absolute atomic E-state index is 0.145. The van der Waals surface area contributed by atoms with Crippen molar-refractivity contribution in [3.05, 3.63) is 53.5 Å². The molecule has 0 radical (unpaired) electrons. The molecule has 0 aliphatic carbocycles. The zero-order chi connectivity index (χ0) is 20.4. The molecule has 1 aromatic heterocycles. The molecule has 4 rings (SSSR count). The highest BCUT2D eigenvalue weighted by Crippen LogP contribution is 2.33. The van der Waals surface area contributed by atoms with Crippen LogP contribution in [0.1, 0.15) is 36.6 Å². The fourth-order valence-corrected chi connectivity index (χ4v) is 3.79. The first kappa shape index (κ1) is 18.9. The number of nitrogens with zero attached hydrogens (tertiary/aromatic N) is 6. The number of rotatable bonds is 3. The summed E-state index contributed by atoms with van der Waals surface area (Å²) in [5.41, 5.74) is 0.695. The lowest BCUT2D eigenvalue weighted by Gasteiger charge is -2.34. The quantitative estimate of drug-likeness (QED) is 0.796. The normalized spacial score (nSPS) is 19.4. The molecule has 2 aromatic rings. The van der Waals surface area contributed by atoms with Crippen molar-refractivity contribution in [3.8, 4) is 6.07 Å². The summed E-state index contributed by atoms with van der Waals surface area (Å²) in [6.07, 6.45) is 4.57. The Balaban J connectivity index is 1.43. The Morgan fingerprint density at radius 2 is 1.83 bits per heavy atom. The minimum Gasteiger partial charge on any atom is -0.356 e. The first-order chi connectivity index (χ1) is 14.0. The molecule has 0 bridgehead atoms. The van der Waals surface area contributed by atoms with E-state index in [9.17, 15) is 13.6 Å². The summed E-state index contributed by atoms with van der Waals surface area (Å²) in [6, 6.07) is 6.42. The standard InChI is InChI=1S/C20H18F2N6O/c21-15-7-14(8-16(22)9-15)18-1-4-26-28(18)20(29)13-2-5-27(6-3-13)19-10-17(11-23)24-12-25-19/h4,7-10,12-13,18H,1-3,5-6H2. The van der Waals surface area contributed by atoms with Crippen molar-refractivity contribution in [2.45, 2.75) is 25.3 Å². The zero-order valence-corrected chi connectivity index (χ0v) is 15.5. The maximum Gasteiger partial charge on any atom is 0.246 e. The third-order valence-electron chi connectivity index (χ3n) is 5.26. The summed E-state index contributed by atoms with van der Waals surface area (Å²) in [6.45, 7) is 1.21. The van der Waals surface area contributed by atoms with Crippen LogP contribution in [-0.2, 0) is 4.79 Å². The molecule has 2 aliphatic rings. The molecular formula is C20H18F2N6O. The maximum absolute atomic E-state index is 13.6. The lowest BCUT2D eigenvalue weighted by atomic mass is 9.94. The van der Waals surface area contributed by atoms with Gasteiger partial charge in [-0.25, -0.2) is 23.8 Å². The van der Waals surface area contributed by atoms with Crippen molar-refractivity contribution in [1.82, 2.24) is 15.0 Å². The summed E-state index contributed by atoms with van der Waals surface area (Å²) in [5, 5.41) is 14.5. The van der Waals surface area contributed by atoms with Crippen molar-refractivity contribution in [2.24, 2.45) is 11.0 Å². The number of halogens is 2. The Morgan fingerprint density at radius 1 is 1.10 bits per heavy atom. The average molecular weight is 396 g/mol. The van der Waals surface area contributed by atoms with Crippen LogP contribution >= 0.6 is 0 Å². The van der Waals surface area contributed by atoms with Crippen LogP contribution in [0, 0.1) is 28.9 Å². The lowest BCUT2D eigenvalue weighted by Crippen LogP contribution is -2.41. The lowest BCUT2D eigenvalue weighted by molar-refractivity contribution is -0.138. The second kappa shape index (κ2) is 7.91. The molecule has 1 saturated heterocycles. The number of hydrogen-bond acceptors (Lipinski definition) is 6. The largest absolute Gasteiger partial charge is 0.356 e. The number of benzene rings is 1. The van der Waals surface area contributed by atoms with Crippen LogP contribution in [0.25, 0.3) is 0 Å². The van der Waals surface area contributed by atoms with E-state index in [0.717, 1.165) is 6.07 Å². The fraction of sp³-hybridized carbons (Fsp3) is 0.350. The molecule has 9 heteroatoms. The summed E-state index contributed by atoms with van der Waals surface area (Å²) >= 11 is 0. The van der Waals surface area contributed by atoms with E-state index < -0.39 is 17.7 Å². The topological polar surface area (TPSA) is 85.5 Å². The van der Waals surface area contributed by atoms with Gasteiger partial charge in [0.15, 0.2) is 0 Å². The van der Waals surface area contributed by atoms with Gasteiger partial charge in [-0.2, -0.15) is 10.4 Å². The molecule has 2 aliphatic heterocycles. The van der Waals surface area contributed by atoms with Gasteiger partial charge in [-0.3, -0.25) is 4.79 Å². The third kappa shape index (κ3) is 3.92. The van der Waals surface area contributed by atoms with Gasteiger partial charge in [-0.05, 0) is 30.5 Å². The highest BCUT2D eigenvalue weighted by molar-refractivity contribution is 5.82. The number of anilines is 1. The molecule has 148 valence electrons. The second-order valence-corrected chi connectivity index (χ2v) is 7.07. The predicted molar refractivity (Wildman–Crippen MR) is 101 cm³/mol. The van der Waals surface area contributed by atoms with E-state index in [1.165, 1.54) is 23.5 Å². The highest BCUT2D eigenvalue weighted by Gasteiger charge is 2.35. The van der Waals surface area contributed by atoms with Gasteiger partial charge in [-0.1, -0.05) is 0 Å². The molecule has 1 aromatic carbocycles. The van der Waals surface area contributed by atoms with E-state index in [1.54, 1.807) is 12.3 Å². The summed E-state index contributed by atoms with van der Waals surface area (Å²) in [5.74, 6) is -1.06. The molecule has 0 saturated carbocycles. The Bertz CT molecular complexity index is 976. The Hall–Kier alpha value is -3.41. The molecule has 1 fully saturated rings. The van der Waals surface area contributed by atoms with Gasteiger partial charge in [0.2, 0.25) is 5.91 Å². The maximum atomic E-state index is 13.6. The first-order valence-electron chi connectivity index (χ1n) is 9.34. The second-order valence-electron chi connectivity index (χ2n) is 7.07. The molecule has 0 N–H and O–H groups in total. The number of amides is 1. The number of hydrazone groups is 1. The SMILES string of the molecule is N#Cc1cc(N2CCC(C(=O)N3N=CCC3c3cc(F)cc(F)c3)CC2)ncn1. The Kier molecular flexibility index (Phi) is 5.16. The van der Waals surface area contributed by atoms with Crippen LogP contribution in [0.4, 0.5) is 14.6 Å². The summed E-state index contributed by atoms with van der Waals surface area (Å²) < 4.78 is 27.2. The van der Waals surface area contributed by atoms with E-state index in [2.05, 4.69) is 15.1 Å². The van der Waals surface area contributed by atoms with E-state index in [1.807, 2.05) is 11.0 Å². The van der Waals surface area contributed by atoms with E-state index >= 15 is 0 Å². The zero-order valence-electron chi connectivity index (χ0n) is 15.5. The van der Waals surface area contributed by atoms with Crippen molar-refractivity contribution in [1.29, 1.82) is 5.26 Å². The average Bonchev–Trinajstić information content (AvgIpc) is 3.23. The van der Waals surface area contributed by atoms with Gasteiger partial charge in [0.05, 0.1) is 6.04 Å². The Morgan fingerprint density at radius 3 is 2.52 bits per heavy atom. The van der Waals surface area contributed by atoms with Gasteiger partial charge >= 0.3 is 0 Å². The fourth-order valence-electron chi connectivity index (χ4n) is 3.79. The van der Waals surface area contributed by atoms with Crippen LogP contribution < -0.4 is 4.90 Å². The summed E-state index contributed by atoms with van der Waals surface area (Å²) in [4.78, 5) is 23.1. The molecule has 1 unspecified atom stereocenters. The first-order valence-corrected chi connectivity index (χ1v) is 9.34. The predicted octanol–water partition coefficient (Wildman–Crippen LogP) is 2.80. The number of piperidine rings is 1. The van der Waals surface area contributed by atoms with Crippen LogP contribution in [0.15, 0.2) is 35.7 Å². The van der Waals surface area contributed by atoms with E-state index in [-0.39, 0.29) is 11.8 Å². The van der Waals surface area contributed by atoms with Gasteiger partial charge in [-0.15, -0.1) is 0 Å². The Labute approximate surface area is 166 Å². The van der Waals surface area contributed by atoms with Crippen molar-refractivity contribution in [2.75, 3.05) is 18.0 Å². The smallest absolute Gasteiger partial charge is 0.246 e. The van der Waals surface area contributed by atoms with Gasteiger partial charge in [0, 0.05) is 43.8 Å². The third-order valence-corrected chi connectivity index (χ3v) is 5.26. The molecule has 1 atom stereocenters. The molecule has 7 nitrogen and oxygen atoms in total. The monoisotopic (exact) mass is 396 g/mol. The van der Waals surface area contributed by atoms with Crippen molar-refractivity contribution in [3.63, 3.8) is 0 Å². The number of carbonyl (C=O) groups excluding carboxylic acids is 1. The van der Waals surface area contributed by atoms with Crippen LogP contribution in [0.3, 0.4) is 0 Å². The van der Waals surface area contributed by atoms with E-state index in [0.29, 0.717) is 49.4 Å². The van der Waals surface area contributed by atoms with Crippen LogP contribution in [-0.4, -0.2) is 40.2 Å². The van der Waals surface area contributed by atoms with Crippen molar-refractivity contribution >= 4 is 17.9 Å². The van der Waals surface area contributed by atoms with Crippen LogP contribution in [0.5, 0.6) is 0 Å². The molecule has 1 amide bonds. The highest BCUT2D eigenvalue weighted by atomic mass is 19.1. The molecule has 0 spiro atoms. The number of carbonyl (C=O) groups is 1. The number of hydrogen-bond donors (Lipinski definition) is 0. The van der Waals surface area contributed by atoms with Gasteiger partial charge in [0.1, 0.15) is 35.5 Å².